The lowest BCUT2D eigenvalue weighted by molar-refractivity contribution is -0.136. The van der Waals surface area contributed by atoms with E-state index in [0.717, 1.165) is 25.0 Å². The van der Waals surface area contributed by atoms with E-state index in [0.29, 0.717) is 19.0 Å². The van der Waals surface area contributed by atoms with Crippen LogP contribution in [-0.4, -0.2) is 35.8 Å². The summed E-state index contributed by atoms with van der Waals surface area (Å²) >= 11 is 0. The molecular weight excluding hydrogens is 314 g/mol. The Balaban J connectivity index is 2.16. The van der Waals surface area contributed by atoms with Crippen LogP contribution in [-0.2, 0) is 4.79 Å². The fraction of sp³-hybridized carbons (Fsp3) is 0.556. The van der Waals surface area contributed by atoms with Gasteiger partial charge in [-0.2, -0.15) is 0 Å². The maximum absolute atomic E-state index is 13.8. The highest BCUT2D eigenvalue weighted by atomic mass is 19.1. The van der Waals surface area contributed by atoms with E-state index in [1.54, 1.807) is 18.7 Å². The van der Waals surface area contributed by atoms with E-state index in [1.165, 1.54) is 6.07 Å². The van der Waals surface area contributed by atoms with Gasteiger partial charge in [0.25, 0.3) is 5.91 Å². The molecule has 2 atom stereocenters. The lowest BCUT2D eigenvalue weighted by atomic mass is 9.97. The lowest BCUT2D eigenvalue weighted by Crippen LogP contribution is -2.53. The third kappa shape index (κ3) is 4.10. The molecule has 0 unspecified atom stereocenters. The molecule has 24 heavy (non-hydrogen) atoms. The first-order valence-corrected chi connectivity index (χ1v) is 8.35. The summed E-state index contributed by atoms with van der Waals surface area (Å²) in [6.07, 6.45) is 2.00. The van der Waals surface area contributed by atoms with Crippen LogP contribution >= 0.6 is 0 Å². The molecule has 0 saturated carbocycles. The number of nitrogens with zero attached hydrogens (tertiary/aromatic N) is 1. The van der Waals surface area contributed by atoms with Crippen LogP contribution in [0.5, 0.6) is 0 Å². The molecule has 6 heteroatoms. The molecule has 0 spiro atoms. The van der Waals surface area contributed by atoms with Crippen LogP contribution in [0.15, 0.2) is 18.2 Å². The summed E-state index contributed by atoms with van der Waals surface area (Å²) in [4.78, 5) is 26.8. The van der Waals surface area contributed by atoms with Gasteiger partial charge in [0.05, 0.1) is 0 Å². The number of amides is 2. The molecule has 2 amide bonds. The Morgan fingerprint density at radius 2 is 1.88 bits per heavy atom. The first kappa shape index (κ1) is 18.4. The number of halogens is 2. The van der Waals surface area contributed by atoms with Crippen molar-refractivity contribution in [2.75, 3.05) is 13.1 Å². The zero-order valence-electron chi connectivity index (χ0n) is 14.3. The van der Waals surface area contributed by atoms with Gasteiger partial charge in [0.15, 0.2) is 0 Å². The molecule has 1 fully saturated rings. The van der Waals surface area contributed by atoms with Crippen LogP contribution < -0.4 is 5.32 Å². The van der Waals surface area contributed by atoms with Gasteiger partial charge in [-0.3, -0.25) is 9.59 Å². The lowest BCUT2D eigenvalue weighted by Gasteiger charge is -2.35. The molecule has 4 nitrogen and oxygen atoms in total. The van der Waals surface area contributed by atoms with Crippen molar-refractivity contribution in [1.82, 2.24) is 10.2 Å². The molecular formula is C18H24F2N2O2. The number of rotatable bonds is 4. The van der Waals surface area contributed by atoms with Gasteiger partial charge in [-0.25, -0.2) is 8.78 Å². The molecule has 1 N–H and O–H groups in total. The normalized spacial score (nSPS) is 19.2. The SMILES string of the molecule is CC(C)[C@H](NC(=O)c1c(F)cccc1F)C(=O)N1CCC[C@H](C)C1. The molecule has 1 aliphatic rings. The molecule has 132 valence electrons. The summed E-state index contributed by atoms with van der Waals surface area (Å²) in [6.45, 7) is 6.97. The van der Waals surface area contributed by atoms with Crippen LogP contribution in [0, 0.1) is 23.5 Å². The minimum absolute atomic E-state index is 0.187. The second-order valence-corrected chi connectivity index (χ2v) is 6.82. The number of hydrogen-bond donors (Lipinski definition) is 1. The molecule has 1 aromatic rings. The highest BCUT2D eigenvalue weighted by Crippen LogP contribution is 2.19. The van der Waals surface area contributed by atoms with Gasteiger partial charge in [-0.15, -0.1) is 0 Å². The van der Waals surface area contributed by atoms with Crippen molar-refractivity contribution in [3.8, 4) is 0 Å². The standard InChI is InChI=1S/C18H24F2N2O2/c1-11(2)16(18(24)22-9-5-6-12(3)10-22)21-17(23)15-13(19)7-4-8-14(15)20/h4,7-8,11-12,16H,5-6,9-10H2,1-3H3,(H,21,23)/t12-,16-/m0/s1. The third-order valence-corrected chi connectivity index (χ3v) is 4.38. The maximum Gasteiger partial charge on any atom is 0.257 e. The molecule has 0 bridgehead atoms. The number of carbonyl (C=O) groups excluding carboxylic acids is 2. The Morgan fingerprint density at radius 1 is 1.25 bits per heavy atom. The van der Waals surface area contributed by atoms with Crippen LogP contribution in [0.1, 0.15) is 44.0 Å². The van der Waals surface area contributed by atoms with Crippen molar-refractivity contribution in [2.24, 2.45) is 11.8 Å². The smallest absolute Gasteiger partial charge is 0.257 e. The van der Waals surface area contributed by atoms with Crippen molar-refractivity contribution >= 4 is 11.8 Å². The van der Waals surface area contributed by atoms with Gasteiger partial charge in [0.2, 0.25) is 5.91 Å². The Labute approximate surface area is 141 Å². The van der Waals surface area contributed by atoms with Gasteiger partial charge in [0.1, 0.15) is 23.2 Å². The number of benzene rings is 1. The Bertz CT molecular complexity index is 599. The average Bonchev–Trinajstić information content (AvgIpc) is 2.51. The summed E-state index contributed by atoms with van der Waals surface area (Å²) in [5.41, 5.74) is -0.650. The minimum atomic E-state index is -0.936. The van der Waals surface area contributed by atoms with Crippen LogP contribution in [0.4, 0.5) is 8.78 Å². The monoisotopic (exact) mass is 338 g/mol. The molecule has 1 aliphatic heterocycles. The summed E-state index contributed by atoms with van der Waals surface area (Å²) in [5.74, 6) is -2.74. The topological polar surface area (TPSA) is 49.4 Å². The fourth-order valence-electron chi connectivity index (χ4n) is 3.03. The van der Waals surface area contributed by atoms with E-state index in [2.05, 4.69) is 12.2 Å². The summed E-state index contributed by atoms with van der Waals surface area (Å²) in [7, 11) is 0. The number of hydrogen-bond acceptors (Lipinski definition) is 2. The van der Waals surface area contributed by atoms with Crippen molar-refractivity contribution in [3.05, 3.63) is 35.4 Å². The number of carbonyl (C=O) groups is 2. The van der Waals surface area contributed by atoms with Crippen molar-refractivity contribution in [1.29, 1.82) is 0 Å². The highest BCUT2D eigenvalue weighted by Gasteiger charge is 2.32. The molecule has 2 rings (SSSR count). The van der Waals surface area contributed by atoms with Crippen molar-refractivity contribution in [2.45, 2.75) is 39.7 Å². The van der Waals surface area contributed by atoms with E-state index in [4.69, 9.17) is 0 Å². The maximum atomic E-state index is 13.8. The van der Waals surface area contributed by atoms with Gasteiger partial charge in [0, 0.05) is 13.1 Å². The third-order valence-electron chi connectivity index (χ3n) is 4.38. The summed E-state index contributed by atoms with van der Waals surface area (Å²) in [5, 5.41) is 2.52. The van der Waals surface area contributed by atoms with E-state index in [9.17, 15) is 18.4 Å². The second kappa shape index (κ2) is 7.73. The van der Waals surface area contributed by atoms with Gasteiger partial charge in [-0.1, -0.05) is 26.8 Å². The Kier molecular flexibility index (Phi) is 5.91. The summed E-state index contributed by atoms with van der Waals surface area (Å²) in [6, 6.07) is 2.44. The highest BCUT2D eigenvalue weighted by molar-refractivity contribution is 5.98. The van der Waals surface area contributed by atoms with E-state index < -0.39 is 29.1 Å². The van der Waals surface area contributed by atoms with Crippen LogP contribution in [0.2, 0.25) is 0 Å². The van der Waals surface area contributed by atoms with E-state index >= 15 is 0 Å². The first-order valence-electron chi connectivity index (χ1n) is 8.35. The molecule has 1 heterocycles. The number of piperidine rings is 1. The molecule has 0 aliphatic carbocycles. The fourth-order valence-corrected chi connectivity index (χ4v) is 3.03. The van der Waals surface area contributed by atoms with Crippen molar-refractivity contribution < 1.29 is 18.4 Å². The largest absolute Gasteiger partial charge is 0.341 e. The zero-order chi connectivity index (χ0) is 17.9. The van der Waals surface area contributed by atoms with Crippen LogP contribution in [0.3, 0.4) is 0 Å². The summed E-state index contributed by atoms with van der Waals surface area (Å²) < 4.78 is 27.5. The predicted molar refractivity (Wildman–Crippen MR) is 87.4 cm³/mol. The van der Waals surface area contributed by atoms with E-state index in [1.807, 2.05) is 0 Å². The number of likely N-dealkylation sites (tertiary alicyclic amines) is 1. The second-order valence-electron chi connectivity index (χ2n) is 6.82. The minimum Gasteiger partial charge on any atom is -0.341 e. The molecule has 0 radical (unpaired) electrons. The predicted octanol–water partition coefficient (Wildman–Crippen LogP) is 2.98. The molecule has 1 aromatic carbocycles. The quantitative estimate of drug-likeness (QED) is 0.917. The van der Waals surface area contributed by atoms with Crippen LogP contribution in [0.25, 0.3) is 0 Å². The van der Waals surface area contributed by atoms with Gasteiger partial charge < -0.3 is 10.2 Å². The number of nitrogens with one attached hydrogen (secondary N) is 1. The molecule has 1 saturated heterocycles. The van der Waals surface area contributed by atoms with Crippen molar-refractivity contribution in [3.63, 3.8) is 0 Å². The van der Waals surface area contributed by atoms with E-state index in [-0.39, 0.29) is 11.8 Å². The van der Waals surface area contributed by atoms with Gasteiger partial charge >= 0.3 is 0 Å². The van der Waals surface area contributed by atoms with Gasteiger partial charge in [-0.05, 0) is 36.8 Å². The zero-order valence-corrected chi connectivity index (χ0v) is 14.3. The Morgan fingerprint density at radius 3 is 2.42 bits per heavy atom. The molecule has 0 aromatic heterocycles. The average molecular weight is 338 g/mol. The first-order chi connectivity index (χ1) is 11.3. The Hall–Kier alpha value is -1.98.